The van der Waals surface area contributed by atoms with Gasteiger partial charge < -0.3 is 9.84 Å². The molecule has 2 heterocycles. The van der Waals surface area contributed by atoms with E-state index in [0.717, 1.165) is 24.2 Å². The first-order valence-corrected chi connectivity index (χ1v) is 8.45. The highest BCUT2D eigenvalue weighted by atomic mass is 16.5. The number of pyridine rings is 1. The number of fused-ring (bicyclic) bond motifs is 1. The van der Waals surface area contributed by atoms with Crippen LogP contribution in [0.3, 0.4) is 0 Å². The van der Waals surface area contributed by atoms with Crippen molar-refractivity contribution in [1.29, 1.82) is 0 Å². The molecule has 2 aromatic heterocycles. The van der Waals surface area contributed by atoms with Gasteiger partial charge in [0.1, 0.15) is 11.4 Å². The Balaban J connectivity index is 1.87. The van der Waals surface area contributed by atoms with E-state index in [1.54, 1.807) is 28.8 Å². The van der Waals surface area contributed by atoms with E-state index in [1.165, 1.54) is 0 Å². The van der Waals surface area contributed by atoms with Crippen molar-refractivity contribution in [3.8, 4) is 5.75 Å². The second-order valence-corrected chi connectivity index (χ2v) is 5.92. The van der Waals surface area contributed by atoms with Crippen molar-refractivity contribution in [2.45, 2.75) is 26.7 Å². The topological polar surface area (TPSA) is 88.5 Å². The minimum Gasteiger partial charge on any atom is -0.494 e. The number of ether oxygens (including phenoxy) is 1. The SMILES string of the molecule is CCCCOc1ccc(N=Nc2c(C(=O)O)nc3ccc(C)cn23)cc1. The molecule has 1 N–H and O–H groups in total. The molecule has 0 bridgehead atoms. The van der Waals surface area contributed by atoms with Crippen molar-refractivity contribution in [3.05, 3.63) is 53.9 Å². The van der Waals surface area contributed by atoms with Crippen molar-refractivity contribution in [2.24, 2.45) is 10.2 Å². The second kappa shape index (κ2) is 7.77. The number of aromatic nitrogens is 2. The number of aromatic carboxylic acids is 1. The van der Waals surface area contributed by atoms with Crippen LogP contribution in [0.25, 0.3) is 5.65 Å². The summed E-state index contributed by atoms with van der Waals surface area (Å²) >= 11 is 0. The van der Waals surface area contributed by atoms with Crippen LogP contribution >= 0.6 is 0 Å². The number of hydrogen-bond donors (Lipinski definition) is 1. The largest absolute Gasteiger partial charge is 0.494 e. The van der Waals surface area contributed by atoms with Crippen LogP contribution in [-0.2, 0) is 0 Å². The van der Waals surface area contributed by atoms with E-state index in [-0.39, 0.29) is 11.5 Å². The summed E-state index contributed by atoms with van der Waals surface area (Å²) in [6.45, 7) is 4.71. The predicted molar refractivity (Wildman–Crippen MR) is 97.9 cm³/mol. The van der Waals surface area contributed by atoms with Crippen LogP contribution in [0.4, 0.5) is 11.5 Å². The van der Waals surface area contributed by atoms with Crippen molar-refractivity contribution >= 4 is 23.1 Å². The lowest BCUT2D eigenvalue weighted by molar-refractivity contribution is 0.0692. The van der Waals surface area contributed by atoms with Gasteiger partial charge in [0.2, 0.25) is 0 Å². The molecule has 0 aliphatic rings. The quantitative estimate of drug-likeness (QED) is 0.482. The molecule has 0 amide bonds. The number of imidazole rings is 1. The zero-order valence-electron chi connectivity index (χ0n) is 14.7. The monoisotopic (exact) mass is 352 g/mol. The molecular weight excluding hydrogens is 332 g/mol. The Morgan fingerprint density at radius 3 is 2.65 bits per heavy atom. The Kier molecular flexibility index (Phi) is 5.26. The highest BCUT2D eigenvalue weighted by Crippen LogP contribution is 2.26. The highest BCUT2D eigenvalue weighted by molar-refractivity contribution is 5.91. The zero-order valence-corrected chi connectivity index (χ0v) is 14.7. The van der Waals surface area contributed by atoms with Gasteiger partial charge in [0.25, 0.3) is 0 Å². The number of carbonyl (C=O) groups is 1. The number of carboxylic acids is 1. The van der Waals surface area contributed by atoms with Crippen LogP contribution in [0.5, 0.6) is 5.75 Å². The Morgan fingerprint density at radius 2 is 1.96 bits per heavy atom. The zero-order chi connectivity index (χ0) is 18.5. The molecule has 0 saturated carbocycles. The first-order valence-electron chi connectivity index (χ1n) is 8.45. The standard InChI is InChI=1S/C19H20N4O3/c1-3-4-11-26-15-8-6-14(7-9-15)21-22-18-17(19(24)25)20-16-10-5-13(2)12-23(16)18/h5-10,12H,3-4,11H2,1-2H3,(H,24,25). The minimum atomic E-state index is -1.14. The molecular formula is C19H20N4O3. The van der Waals surface area contributed by atoms with E-state index in [0.29, 0.717) is 17.9 Å². The Labute approximate surface area is 151 Å². The molecule has 7 nitrogen and oxygen atoms in total. The third-order valence-corrected chi connectivity index (χ3v) is 3.81. The highest BCUT2D eigenvalue weighted by Gasteiger charge is 2.18. The van der Waals surface area contributed by atoms with Crippen molar-refractivity contribution in [2.75, 3.05) is 6.61 Å². The normalized spacial score (nSPS) is 11.3. The van der Waals surface area contributed by atoms with Crippen LogP contribution in [-0.4, -0.2) is 27.1 Å². The van der Waals surface area contributed by atoms with Gasteiger partial charge in [0.05, 0.1) is 12.3 Å². The summed E-state index contributed by atoms with van der Waals surface area (Å²) in [6.07, 6.45) is 3.87. The van der Waals surface area contributed by atoms with Crippen LogP contribution in [0.1, 0.15) is 35.8 Å². The predicted octanol–water partition coefficient (Wildman–Crippen LogP) is 4.94. The molecule has 0 aliphatic heterocycles. The van der Waals surface area contributed by atoms with Gasteiger partial charge in [0.15, 0.2) is 11.5 Å². The molecule has 1 aromatic carbocycles. The van der Waals surface area contributed by atoms with Gasteiger partial charge in [0, 0.05) is 6.20 Å². The van der Waals surface area contributed by atoms with E-state index in [4.69, 9.17) is 4.74 Å². The van der Waals surface area contributed by atoms with E-state index in [1.807, 2.05) is 25.1 Å². The summed E-state index contributed by atoms with van der Waals surface area (Å²) in [4.78, 5) is 15.6. The number of hydrogen-bond acceptors (Lipinski definition) is 5. The smallest absolute Gasteiger partial charge is 0.358 e. The fraction of sp³-hybridized carbons (Fsp3) is 0.263. The Hall–Kier alpha value is -3.22. The number of nitrogens with zero attached hydrogens (tertiary/aromatic N) is 4. The van der Waals surface area contributed by atoms with Gasteiger partial charge in [-0.15, -0.1) is 10.2 Å². The first kappa shape index (κ1) is 17.6. The Bertz CT molecular complexity index is 945. The lowest BCUT2D eigenvalue weighted by Crippen LogP contribution is -1.96. The third-order valence-electron chi connectivity index (χ3n) is 3.81. The second-order valence-electron chi connectivity index (χ2n) is 5.92. The Morgan fingerprint density at radius 1 is 1.19 bits per heavy atom. The van der Waals surface area contributed by atoms with Crippen LogP contribution in [0.2, 0.25) is 0 Å². The van der Waals surface area contributed by atoms with Gasteiger partial charge in [-0.1, -0.05) is 19.4 Å². The summed E-state index contributed by atoms with van der Waals surface area (Å²) in [5.41, 5.74) is 1.96. The fourth-order valence-corrected chi connectivity index (χ4v) is 2.43. The number of rotatable bonds is 7. The van der Waals surface area contributed by atoms with E-state index < -0.39 is 5.97 Å². The lowest BCUT2D eigenvalue weighted by atomic mass is 10.3. The molecule has 3 rings (SSSR count). The third kappa shape index (κ3) is 3.88. The van der Waals surface area contributed by atoms with Gasteiger partial charge in [-0.2, -0.15) is 0 Å². The number of azo groups is 1. The molecule has 0 radical (unpaired) electrons. The summed E-state index contributed by atoms with van der Waals surface area (Å²) in [5.74, 6) is -0.173. The number of benzene rings is 1. The first-order chi connectivity index (χ1) is 12.6. The molecule has 0 spiro atoms. The summed E-state index contributed by atoms with van der Waals surface area (Å²) in [7, 11) is 0. The maximum atomic E-state index is 11.5. The van der Waals surface area contributed by atoms with Crippen LogP contribution in [0.15, 0.2) is 52.8 Å². The maximum absolute atomic E-state index is 11.5. The summed E-state index contributed by atoms with van der Waals surface area (Å²) in [5, 5.41) is 17.7. The van der Waals surface area contributed by atoms with Crippen LogP contribution < -0.4 is 4.74 Å². The molecule has 0 saturated heterocycles. The van der Waals surface area contributed by atoms with Crippen molar-refractivity contribution in [1.82, 2.24) is 9.38 Å². The molecule has 0 atom stereocenters. The van der Waals surface area contributed by atoms with E-state index in [9.17, 15) is 9.90 Å². The lowest BCUT2D eigenvalue weighted by Gasteiger charge is -2.04. The molecule has 0 unspecified atom stereocenters. The van der Waals surface area contributed by atoms with Gasteiger partial charge >= 0.3 is 5.97 Å². The molecule has 134 valence electrons. The molecule has 0 fully saturated rings. The molecule has 26 heavy (non-hydrogen) atoms. The average molecular weight is 352 g/mol. The van der Waals surface area contributed by atoms with Crippen LogP contribution in [0, 0.1) is 6.92 Å². The summed E-state index contributed by atoms with van der Waals surface area (Å²) in [6, 6.07) is 10.8. The fourth-order valence-electron chi connectivity index (χ4n) is 2.43. The molecule has 0 aliphatic carbocycles. The van der Waals surface area contributed by atoms with Crippen molar-refractivity contribution in [3.63, 3.8) is 0 Å². The average Bonchev–Trinajstić information content (AvgIpc) is 2.99. The molecule has 3 aromatic rings. The van der Waals surface area contributed by atoms with Gasteiger partial charge in [-0.3, -0.25) is 4.40 Å². The molecule has 7 heteroatoms. The number of carboxylic acid groups (broad SMARTS) is 1. The van der Waals surface area contributed by atoms with E-state index in [2.05, 4.69) is 22.1 Å². The van der Waals surface area contributed by atoms with E-state index >= 15 is 0 Å². The number of unbranched alkanes of at least 4 members (excludes halogenated alkanes) is 1. The van der Waals surface area contributed by atoms with Crippen molar-refractivity contribution < 1.29 is 14.6 Å². The number of aryl methyl sites for hydroxylation is 1. The minimum absolute atomic E-state index is 0.126. The summed E-state index contributed by atoms with van der Waals surface area (Å²) < 4.78 is 7.24. The van der Waals surface area contributed by atoms with Gasteiger partial charge in [-0.05, 0) is 49.2 Å². The van der Waals surface area contributed by atoms with Gasteiger partial charge in [-0.25, -0.2) is 9.78 Å². The maximum Gasteiger partial charge on any atom is 0.358 e.